The summed E-state index contributed by atoms with van der Waals surface area (Å²) in [6.45, 7) is 2.50. The topological polar surface area (TPSA) is 97.8 Å². The largest absolute Gasteiger partial charge is 0.488 e. The summed E-state index contributed by atoms with van der Waals surface area (Å²) in [4.78, 5) is 29.1. The lowest BCUT2D eigenvalue weighted by Gasteiger charge is -2.37. The maximum absolute atomic E-state index is 12.9. The van der Waals surface area contributed by atoms with Crippen LogP contribution in [-0.2, 0) is 11.2 Å². The van der Waals surface area contributed by atoms with Gasteiger partial charge in [0, 0.05) is 18.7 Å². The zero-order chi connectivity index (χ0) is 22.3. The lowest BCUT2D eigenvalue weighted by atomic mass is 9.75. The summed E-state index contributed by atoms with van der Waals surface area (Å²) < 4.78 is 11.1. The number of aromatic nitrogens is 1. The van der Waals surface area contributed by atoms with E-state index in [1.54, 1.807) is 6.07 Å². The number of carboxylic acids is 1. The molecule has 2 aromatic rings. The normalized spacial score (nSPS) is 20.6. The summed E-state index contributed by atoms with van der Waals surface area (Å²) in [6.07, 6.45) is 5.53. The van der Waals surface area contributed by atoms with E-state index in [0.717, 1.165) is 24.8 Å². The molecule has 7 nitrogen and oxygen atoms in total. The van der Waals surface area contributed by atoms with Crippen LogP contribution in [0.4, 0.5) is 0 Å². The van der Waals surface area contributed by atoms with Gasteiger partial charge in [-0.05, 0) is 37.2 Å². The van der Waals surface area contributed by atoms with Gasteiger partial charge in [0.2, 0.25) is 0 Å². The molecule has 1 saturated carbocycles. The number of hydrogen-bond donors (Lipinski definition) is 2. The lowest BCUT2D eigenvalue weighted by Crippen LogP contribution is -2.56. The highest BCUT2D eigenvalue weighted by atomic mass is 16.5. The summed E-state index contributed by atoms with van der Waals surface area (Å²) in [6, 6.07) is 11.5. The van der Waals surface area contributed by atoms with Gasteiger partial charge >= 0.3 is 5.97 Å². The first-order valence-electron chi connectivity index (χ1n) is 10.7. The second-order valence-electron chi connectivity index (χ2n) is 8.01. The molecule has 1 aromatic heterocycles. The van der Waals surface area contributed by atoms with Gasteiger partial charge in [-0.2, -0.15) is 0 Å². The van der Waals surface area contributed by atoms with Crippen molar-refractivity contribution in [1.82, 2.24) is 10.3 Å². The van der Waals surface area contributed by atoms with Gasteiger partial charge < -0.3 is 19.9 Å². The Kier molecular flexibility index (Phi) is 7.50. The van der Waals surface area contributed by atoms with Crippen LogP contribution in [0.25, 0.3) is 0 Å². The number of nitrogens with zero attached hydrogens (tertiary/aromatic N) is 1. The predicted molar refractivity (Wildman–Crippen MR) is 117 cm³/mol. The molecule has 2 N–H and O–H groups in total. The molecule has 1 aliphatic rings. The third-order valence-corrected chi connectivity index (χ3v) is 6.06. The number of benzene rings is 1. The Morgan fingerprint density at radius 2 is 1.94 bits per heavy atom. The van der Waals surface area contributed by atoms with Crippen molar-refractivity contribution >= 4 is 11.9 Å². The van der Waals surface area contributed by atoms with Crippen LogP contribution in [0.2, 0.25) is 0 Å². The fourth-order valence-electron chi connectivity index (χ4n) is 4.00. The number of carbonyl (C=O) groups is 2. The molecule has 0 unspecified atom stereocenters. The quantitative estimate of drug-likeness (QED) is 0.632. The van der Waals surface area contributed by atoms with Gasteiger partial charge in [0.05, 0.1) is 19.3 Å². The summed E-state index contributed by atoms with van der Waals surface area (Å²) in [5, 5.41) is 12.6. The molecule has 0 atom stereocenters. The van der Waals surface area contributed by atoms with Gasteiger partial charge in [-0.3, -0.25) is 4.79 Å². The van der Waals surface area contributed by atoms with E-state index >= 15 is 0 Å². The van der Waals surface area contributed by atoms with E-state index in [1.807, 2.05) is 30.3 Å². The standard InChI is InChI=1S/C24H30N2O5/c1-3-17-9-12-24(13-10-17,23(28)29)26-21(27)19-15-20(22(30-2)25-16-19)31-14-11-18-7-5-4-6-8-18/h4-8,15-17H,3,9-14H2,1-2H3,(H,26,27)(H,28,29)/t17-,24-. The van der Waals surface area contributed by atoms with Crippen molar-refractivity contribution in [3.8, 4) is 11.6 Å². The van der Waals surface area contributed by atoms with Crippen LogP contribution in [0.1, 0.15) is 54.9 Å². The number of nitrogens with one attached hydrogen (secondary N) is 1. The molecule has 31 heavy (non-hydrogen) atoms. The number of carboxylic acid groups (broad SMARTS) is 1. The van der Waals surface area contributed by atoms with E-state index in [-0.39, 0.29) is 11.4 Å². The molecule has 1 fully saturated rings. The number of rotatable bonds is 9. The Hall–Kier alpha value is -3.09. The maximum Gasteiger partial charge on any atom is 0.329 e. The highest BCUT2D eigenvalue weighted by molar-refractivity contribution is 5.98. The number of amides is 1. The molecule has 166 valence electrons. The van der Waals surface area contributed by atoms with Gasteiger partial charge in [0.15, 0.2) is 5.75 Å². The van der Waals surface area contributed by atoms with E-state index in [2.05, 4.69) is 17.2 Å². The summed E-state index contributed by atoms with van der Waals surface area (Å²) in [7, 11) is 1.48. The molecule has 1 aliphatic carbocycles. The van der Waals surface area contributed by atoms with Gasteiger partial charge in [-0.15, -0.1) is 0 Å². The van der Waals surface area contributed by atoms with E-state index in [1.165, 1.54) is 13.3 Å². The Bertz CT molecular complexity index is 892. The highest BCUT2D eigenvalue weighted by Gasteiger charge is 2.43. The SMILES string of the molecule is CC[C@H]1CC[C@@](NC(=O)c2cnc(OC)c(OCCc3ccccc3)c2)(C(=O)O)CC1. The van der Waals surface area contributed by atoms with Crippen LogP contribution < -0.4 is 14.8 Å². The molecule has 0 aliphatic heterocycles. The second kappa shape index (κ2) is 10.3. The fraction of sp³-hybridized carbons (Fsp3) is 0.458. The van der Waals surface area contributed by atoms with Crippen molar-refractivity contribution < 1.29 is 24.2 Å². The van der Waals surface area contributed by atoms with Gasteiger partial charge in [-0.1, -0.05) is 43.7 Å². The molecule has 0 saturated heterocycles. The molecule has 3 rings (SSSR count). The number of ether oxygens (including phenoxy) is 2. The third-order valence-electron chi connectivity index (χ3n) is 6.06. The van der Waals surface area contributed by atoms with Crippen LogP contribution in [0.15, 0.2) is 42.6 Å². The Labute approximate surface area is 182 Å². The predicted octanol–water partition coefficient (Wildman–Crippen LogP) is 3.87. The van der Waals surface area contributed by atoms with Gasteiger partial charge in [0.1, 0.15) is 5.54 Å². The average molecular weight is 427 g/mol. The molecule has 7 heteroatoms. The average Bonchev–Trinajstić information content (AvgIpc) is 2.80. The first kappa shape index (κ1) is 22.6. The van der Waals surface area contributed by atoms with Crippen molar-refractivity contribution in [3.05, 3.63) is 53.7 Å². The van der Waals surface area contributed by atoms with E-state index in [0.29, 0.717) is 37.5 Å². The molecule has 0 bridgehead atoms. The Balaban J connectivity index is 1.70. The van der Waals surface area contributed by atoms with Crippen LogP contribution in [-0.4, -0.2) is 41.2 Å². The monoisotopic (exact) mass is 426 g/mol. The smallest absolute Gasteiger partial charge is 0.329 e. The summed E-state index contributed by atoms with van der Waals surface area (Å²) in [5.74, 6) is -0.320. The molecular formula is C24H30N2O5. The van der Waals surface area contributed by atoms with Crippen molar-refractivity contribution in [2.45, 2.75) is 51.0 Å². The van der Waals surface area contributed by atoms with Crippen LogP contribution >= 0.6 is 0 Å². The fourth-order valence-corrected chi connectivity index (χ4v) is 4.00. The first-order chi connectivity index (χ1) is 15.0. The van der Waals surface area contributed by atoms with Crippen LogP contribution in [0.5, 0.6) is 11.6 Å². The van der Waals surface area contributed by atoms with E-state index in [9.17, 15) is 14.7 Å². The minimum absolute atomic E-state index is 0.244. The number of carbonyl (C=O) groups excluding carboxylic acids is 1. The third kappa shape index (κ3) is 5.54. The summed E-state index contributed by atoms with van der Waals surface area (Å²) >= 11 is 0. The molecule has 0 radical (unpaired) electrons. The van der Waals surface area contributed by atoms with Crippen molar-refractivity contribution in [1.29, 1.82) is 0 Å². The number of methoxy groups -OCH3 is 1. The van der Waals surface area contributed by atoms with Crippen LogP contribution in [0.3, 0.4) is 0 Å². The Morgan fingerprint density at radius 1 is 1.23 bits per heavy atom. The van der Waals surface area contributed by atoms with Gasteiger partial charge in [0.25, 0.3) is 11.8 Å². The minimum atomic E-state index is -1.24. The van der Waals surface area contributed by atoms with Gasteiger partial charge in [-0.25, -0.2) is 9.78 Å². The molecule has 1 heterocycles. The number of hydrogen-bond acceptors (Lipinski definition) is 5. The second-order valence-corrected chi connectivity index (χ2v) is 8.01. The first-order valence-corrected chi connectivity index (χ1v) is 10.7. The van der Waals surface area contributed by atoms with Crippen molar-refractivity contribution in [2.75, 3.05) is 13.7 Å². The lowest BCUT2D eigenvalue weighted by molar-refractivity contribution is -0.146. The Morgan fingerprint density at radius 3 is 2.55 bits per heavy atom. The van der Waals surface area contributed by atoms with Crippen LogP contribution in [0, 0.1) is 5.92 Å². The maximum atomic E-state index is 12.9. The zero-order valence-electron chi connectivity index (χ0n) is 18.1. The van der Waals surface area contributed by atoms with Crippen molar-refractivity contribution in [3.63, 3.8) is 0 Å². The molecule has 0 spiro atoms. The zero-order valence-corrected chi connectivity index (χ0v) is 18.1. The number of pyridine rings is 1. The minimum Gasteiger partial charge on any atom is -0.488 e. The van der Waals surface area contributed by atoms with E-state index < -0.39 is 17.4 Å². The van der Waals surface area contributed by atoms with Crippen molar-refractivity contribution in [2.24, 2.45) is 5.92 Å². The molecular weight excluding hydrogens is 396 g/mol. The number of aliphatic carboxylic acids is 1. The van der Waals surface area contributed by atoms with E-state index in [4.69, 9.17) is 9.47 Å². The molecule has 1 aromatic carbocycles. The summed E-state index contributed by atoms with van der Waals surface area (Å²) in [5.41, 5.74) is 0.139. The highest BCUT2D eigenvalue weighted by Crippen LogP contribution is 2.34. The molecule has 1 amide bonds.